The lowest BCUT2D eigenvalue weighted by Gasteiger charge is -2.31. The number of sulfonamides is 1. The van der Waals surface area contributed by atoms with Crippen molar-refractivity contribution in [1.82, 2.24) is 9.62 Å². The molecular formula is C13H19ClN2O2S. The minimum Gasteiger partial charge on any atom is -0.317 e. The van der Waals surface area contributed by atoms with Gasteiger partial charge < -0.3 is 5.32 Å². The van der Waals surface area contributed by atoms with Gasteiger partial charge >= 0.3 is 0 Å². The number of benzene rings is 1. The van der Waals surface area contributed by atoms with Crippen molar-refractivity contribution in [3.63, 3.8) is 0 Å². The SMILES string of the molecule is CNC1CCN(S(=O)(=O)c2ccc(Cl)cc2C)CC1. The van der Waals surface area contributed by atoms with Crippen molar-refractivity contribution < 1.29 is 8.42 Å². The maximum absolute atomic E-state index is 12.6. The molecule has 0 radical (unpaired) electrons. The highest BCUT2D eigenvalue weighted by Crippen LogP contribution is 2.25. The van der Waals surface area contributed by atoms with Crippen LogP contribution >= 0.6 is 11.6 Å². The maximum atomic E-state index is 12.6. The van der Waals surface area contributed by atoms with E-state index in [1.807, 2.05) is 7.05 Å². The molecule has 0 atom stereocenters. The Balaban J connectivity index is 2.23. The topological polar surface area (TPSA) is 49.4 Å². The molecule has 0 spiro atoms. The highest BCUT2D eigenvalue weighted by Gasteiger charge is 2.29. The molecule has 1 aliphatic rings. The summed E-state index contributed by atoms with van der Waals surface area (Å²) >= 11 is 5.87. The van der Waals surface area contributed by atoms with Crippen molar-refractivity contribution in [2.24, 2.45) is 0 Å². The Labute approximate surface area is 119 Å². The lowest BCUT2D eigenvalue weighted by atomic mass is 10.1. The van der Waals surface area contributed by atoms with Gasteiger partial charge in [0.05, 0.1) is 4.90 Å². The monoisotopic (exact) mass is 302 g/mol. The van der Waals surface area contributed by atoms with Crippen molar-refractivity contribution in [1.29, 1.82) is 0 Å². The van der Waals surface area contributed by atoms with Gasteiger partial charge in [0.25, 0.3) is 0 Å². The first-order valence-corrected chi connectivity index (χ1v) is 8.20. The zero-order valence-corrected chi connectivity index (χ0v) is 12.8. The largest absolute Gasteiger partial charge is 0.317 e. The Bertz CT molecular complexity index is 552. The van der Waals surface area contributed by atoms with E-state index in [-0.39, 0.29) is 0 Å². The van der Waals surface area contributed by atoms with Crippen molar-refractivity contribution in [3.05, 3.63) is 28.8 Å². The summed E-state index contributed by atoms with van der Waals surface area (Å²) < 4.78 is 26.7. The summed E-state index contributed by atoms with van der Waals surface area (Å²) in [4.78, 5) is 0.361. The Kier molecular flexibility index (Phi) is 4.50. The highest BCUT2D eigenvalue weighted by atomic mass is 35.5. The predicted octanol–water partition coefficient (Wildman–Crippen LogP) is 2.02. The fourth-order valence-electron chi connectivity index (χ4n) is 2.43. The van der Waals surface area contributed by atoms with Crippen molar-refractivity contribution in [2.75, 3.05) is 20.1 Å². The van der Waals surface area contributed by atoms with E-state index in [1.165, 1.54) is 0 Å². The lowest BCUT2D eigenvalue weighted by molar-refractivity contribution is 0.298. The number of piperidine rings is 1. The Morgan fingerprint density at radius 3 is 2.47 bits per heavy atom. The normalized spacial score (nSPS) is 18.7. The first-order chi connectivity index (χ1) is 8.95. The molecule has 19 heavy (non-hydrogen) atoms. The third-order valence-electron chi connectivity index (χ3n) is 3.62. The standard InChI is InChI=1S/C13H19ClN2O2S/c1-10-9-11(14)3-4-13(10)19(17,18)16-7-5-12(15-2)6-8-16/h3-4,9,12,15H,5-8H2,1-2H3. The van der Waals surface area contributed by atoms with E-state index >= 15 is 0 Å². The van der Waals surface area contributed by atoms with Crippen LogP contribution in [-0.2, 0) is 10.0 Å². The molecule has 1 saturated heterocycles. The van der Waals surface area contributed by atoms with E-state index in [0.29, 0.717) is 34.6 Å². The van der Waals surface area contributed by atoms with E-state index < -0.39 is 10.0 Å². The van der Waals surface area contributed by atoms with Gasteiger partial charge in [-0.25, -0.2) is 8.42 Å². The molecule has 1 aliphatic heterocycles. The molecule has 0 amide bonds. The smallest absolute Gasteiger partial charge is 0.243 e. The van der Waals surface area contributed by atoms with Crippen molar-refractivity contribution in [3.8, 4) is 0 Å². The first kappa shape index (κ1) is 14.8. The molecule has 0 unspecified atom stereocenters. The highest BCUT2D eigenvalue weighted by molar-refractivity contribution is 7.89. The number of nitrogens with one attached hydrogen (secondary N) is 1. The van der Waals surface area contributed by atoms with Gasteiger partial charge in [-0.1, -0.05) is 11.6 Å². The summed E-state index contributed by atoms with van der Waals surface area (Å²) in [6.45, 7) is 2.91. The molecule has 1 aromatic carbocycles. The van der Waals surface area contributed by atoms with Crippen LogP contribution in [0, 0.1) is 6.92 Å². The van der Waals surface area contributed by atoms with Gasteiger partial charge in [-0.3, -0.25) is 0 Å². The molecule has 1 N–H and O–H groups in total. The van der Waals surface area contributed by atoms with E-state index in [2.05, 4.69) is 5.32 Å². The minimum atomic E-state index is -3.39. The molecule has 2 rings (SSSR count). The third-order valence-corrected chi connectivity index (χ3v) is 5.91. The average molecular weight is 303 g/mol. The maximum Gasteiger partial charge on any atom is 0.243 e. The molecule has 1 heterocycles. The van der Waals surface area contributed by atoms with Crippen LogP contribution in [0.25, 0.3) is 0 Å². The average Bonchev–Trinajstić information content (AvgIpc) is 2.38. The fourth-order valence-corrected chi connectivity index (χ4v) is 4.33. The van der Waals surface area contributed by atoms with Crippen LogP contribution in [-0.4, -0.2) is 38.9 Å². The molecule has 1 aromatic rings. The van der Waals surface area contributed by atoms with Gasteiger partial charge in [-0.05, 0) is 50.6 Å². The van der Waals surface area contributed by atoms with Crippen LogP contribution in [0.3, 0.4) is 0 Å². The number of nitrogens with zero attached hydrogens (tertiary/aromatic N) is 1. The number of halogens is 1. The second-order valence-corrected chi connectivity index (χ2v) is 7.22. The van der Waals surface area contributed by atoms with E-state index in [0.717, 1.165) is 12.8 Å². The van der Waals surface area contributed by atoms with Gasteiger partial charge in [0, 0.05) is 24.2 Å². The van der Waals surface area contributed by atoms with Gasteiger partial charge in [-0.2, -0.15) is 4.31 Å². The van der Waals surface area contributed by atoms with Crippen LogP contribution < -0.4 is 5.32 Å². The minimum absolute atomic E-state index is 0.361. The molecule has 0 aromatic heterocycles. The summed E-state index contributed by atoms with van der Waals surface area (Å²) in [7, 11) is -1.48. The third kappa shape index (κ3) is 3.11. The van der Waals surface area contributed by atoms with Gasteiger partial charge in [0.15, 0.2) is 0 Å². The summed E-state index contributed by atoms with van der Waals surface area (Å²) in [5, 5.41) is 3.76. The van der Waals surface area contributed by atoms with Crippen LogP contribution in [0.2, 0.25) is 5.02 Å². The Morgan fingerprint density at radius 2 is 1.95 bits per heavy atom. The van der Waals surface area contributed by atoms with Gasteiger partial charge in [-0.15, -0.1) is 0 Å². The van der Waals surface area contributed by atoms with E-state index in [1.54, 1.807) is 29.4 Å². The molecule has 0 bridgehead atoms. The lowest BCUT2D eigenvalue weighted by Crippen LogP contribution is -2.44. The predicted molar refractivity (Wildman–Crippen MR) is 77.0 cm³/mol. The summed E-state index contributed by atoms with van der Waals surface area (Å²) in [6.07, 6.45) is 1.70. The molecular weight excluding hydrogens is 284 g/mol. The molecule has 0 aliphatic carbocycles. The van der Waals surface area contributed by atoms with Gasteiger partial charge in [0.1, 0.15) is 0 Å². The molecule has 6 heteroatoms. The number of hydrogen-bond acceptors (Lipinski definition) is 3. The molecule has 4 nitrogen and oxygen atoms in total. The number of aryl methyl sites for hydroxylation is 1. The van der Waals surface area contributed by atoms with E-state index in [4.69, 9.17) is 11.6 Å². The summed E-state index contributed by atoms with van der Waals surface area (Å²) in [5.41, 5.74) is 0.697. The van der Waals surface area contributed by atoms with E-state index in [9.17, 15) is 8.42 Å². The quantitative estimate of drug-likeness (QED) is 0.929. The van der Waals surface area contributed by atoms with Gasteiger partial charge in [0.2, 0.25) is 10.0 Å². The Morgan fingerprint density at radius 1 is 1.32 bits per heavy atom. The zero-order chi connectivity index (χ0) is 14.0. The molecule has 106 valence electrons. The Hall–Kier alpha value is -0.620. The molecule has 1 fully saturated rings. The zero-order valence-electron chi connectivity index (χ0n) is 11.2. The van der Waals surface area contributed by atoms with Crippen molar-refractivity contribution in [2.45, 2.75) is 30.7 Å². The van der Waals surface area contributed by atoms with Crippen LogP contribution in [0.5, 0.6) is 0 Å². The van der Waals surface area contributed by atoms with Crippen LogP contribution in [0.1, 0.15) is 18.4 Å². The summed E-state index contributed by atoms with van der Waals surface area (Å²) in [6, 6.07) is 5.33. The summed E-state index contributed by atoms with van der Waals surface area (Å²) in [5.74, 6) is 0. The number of hydrogen-bond donors (Lipinski definition) is 1. The van der Waals surface area contributed by atoms with Crippen LogP contribution in [0.4, 0.5) is 0 Å². The second kappa shape index (κ2) is 5.79. The fraction of sp³-hybridized carbons (Fsp3) is 0.538. The van der Waals surface area contributed by atoms with Crippen molar-refractivity contribution >= 4 is 21.6 Å². The first-order valence-electron chi connectivity index (χ1n) is 6.38. The van der Waals surface area contributed by atoms with Crippen LogP contribution in [0.15, 0.2) is 23.1 Å². The second-order valence-electron chi connectivity index (χ2n) is 4.88. The molecule has 0 saturated carbocycles. The number of rotatable bonds is 3.